The van der Waals surface area contributed by atoms with E-state index in [1.165, 1.54) is 0 Å². The van der Waals surface area contributed by atoms with Crippen LogP contribution in [0.1, 0.15) is 5.56 Å². The molecule has 1 aliphatic heterocycles. The van der Waals surface area contributed by atoms with Crippen LogP contribution in [0.25, 0.3) is 0 Å². The minimum Gasteiger partial charge on any atom is -0.493 e. The SMILES string of the molecule is C#CCOc1cc(CN=C(N)N2CCSCC2)ccc1OC.I. The molecule has 126 valence electrons. The largest absolute Gasteiger partial charge is 0.493 e. The molecule has 1 saturated heterocycles. The van der Waals surface area contributed by atoms with Gasteiger partial charge in [0.2, 0.25) is 0 Å². The summed E-state index contributed by atoms with van der Waals surface area (Å²) in [5.41, 5.74) is 7.06. The van der Waals surface area contributed by atoms with E-state index in [2.05, 4.69) is 15.8 Å². The van der Waals surface area contributed by atoms with E-state index >= 15 is 0 Å². The molecular formula is C16H22IN3O2S. The summed E-state index contributed by atoms with van der Waals surface area (Å²) in [4.78, 5) is 6.59. The standard InChI is InChI=1S/C16H21N3O2S.HI/c1-3-8-21-15-11-13(4-5-14(15)20-2)12-18-16(17)19-6-9-22-10-7-19;/h1,4-5,11H,6-10,12H2,2H3,(H2,17,18);1H. The first-order chi connectivity index (χ1) is 10.7. The molecule has 1 heterocycles. The van der Waals surface area contributed by atoms with Crippen LogP contribution in [0.3, 0.4) is 0 Å². The molecule has 2 N–H and O–H groups in total. The molecule has 1 fully saturated rings. The van der Waals surface area contributed by atoms with E-state index in [0.717, 1.165) is 30.2 Å². The summed E-state index contributed by atoms with van der Waals surface area (Å²) < 4.78 is 10.7. The van der Waals surface area contributed by atoms with Gasteiger partial charge in [-0.15, -0.1) is 30.4 Å². The normalized spacial score (nSPS) is 14.6. The van der Waals surface area contributed by atoms with Crippen molar-refractivity contribution in [2.75, 3.05) is 38.3 Å². The lowest BCUT2D eigenvalue weighted by molar-refractivity contribution is 0.330. The summed E-state index contributed by atoms with van der Waals surface area (Å²) in [5, 5.41) is 0. The summed E-state index contributed by atoms with van der Waals surface area (Å²) in [7, 11) is 1.60. The summed E-state index contributed by atoms with van der Waals surface area (Å²) in [6, 6.07) is 5.69. The van der Waals surface area contributed by atoms with Crippen LogP contribution in [0.4, 0.5) is 0 Å². The molecule has 7 heteroatoms. The number of terminal acetylenes is 1. The Hall–Kier alpha value is -1.27. The van der Waals surface area contributed by atoms with Crippen molar-refractivity contribution in [1.82, 2.24) is 4.90 Å². The highest BCUT2D eigenvalue weighted by Gasteiger charge is 2.12. The second-order valence-corrected chi connectivity index (χ2v) is 5.98. The van der Waals surface area contributed by atoms with Gasteiger partial charge < -0.3 is 20.1 Å². The summed E-state index contributed by atoms with van der Waals surface area (Å²) in [6.07, 6.45) is 5.23. The van der Waals surface area contributed by atoms with E-state index in [4.69, 9.17) is 21.6 Å². The van der Waals surface area contributed by atoms with Crippen LogP contribution in [-0.2, 0) is 6.54 Å². The Morgan fingerprint density at radius 3 is 2.78 bits per heavy atom. The number of nitrogens with two attached hydrogens (primary N) is 1. The number of nitrogens with zero attached hydrogens (tertiary/aromatic N) is 2. The van der Waals surface area contributed by atoms with Gasteiger partial charge in [0, 0.05) is 24.6 Å². The van der Waals surface area contributed by atoms with Gasteiger partial charge in [0.25, 0.3) is 0 Å². The number of benzene rings is 1. The van der Waals surface area contributed by atoms with Gasteiger partial charge in [-0.1, -0.05) is 12.0 Å². The molecule has 0 aromatic heterocycles. The smallest absolute Gasteiger partial charge is 0.191 e. The van der Waals surface area contributed by atoms with Gasteiger partial charge in [0.05, 0.1) is 13.7 Å². The monoisotopic (exact) mass is 447 g/mol. The van der Waals surface area contributed by atoms with Gasteiger partial charge in [0.1, 0.15) is 6.61 Å². The lowest BCUT2D eigenvalue weighted by Gasteiger charge is -2.27. The molecular weight excluding hydrogens is 425 g/mol. The fourth-order valence-electron chi connectivity index (χ4n) is 2.12. The number of ether oxygens (including phenoxy) is 2. The molecule has 0 aliphatic carbocycles. The number of hydrogen-bond donors (Lipinski definition) is 1. The zero-order valence-electron chi connectivity index (χ0n) is 13.2. The molecule has 0 bridgehead atoms. The van der Waals surface area contributed by atoms with E-state index in [-0.39, 0.29) is 30.6 Å². The Labute approximate surface area is 159 Å². The van der Waals surface area contributed by atoms with Gasteiger partial charge in [0.15, 0.2) is 17.5 Å². The Kier molecular flexibility index (Phi) is 9.02. The predicted octanol–water partition coefficient (Wildman–Crippen LogP) is 2.19. The van der Waals surface area contributed by atoms with Crippen molar-refractivity contribution in [3.05, 3.63) is 23.8 Å². The molecule has 0 saturated carbocycles. The highest BCUT2D eigenvalue weighted by atomic mass is 127. The van der Waals surface area contributed by atoms with Crippen molar-refractivity contribution in [2.45, 2.75) is 6.54 Å². The predicted molar refractivity (Wildman–Crippen MR) is 107 cm³/mol. The maximum Gasteiger partial charge on any atom is 0.191 e. The Bertz CT molecular complexity index is 569. The van der Waals surface area contributed by atoms with E-state index < -0.39 is 0 Å². The maximum absolute atomic E-state index is 6.05. The zero-order valence-corrected chi connectivity index (χ0v) is 16.3. The van der Waals surface area contributed by atoms with Crippen LogP contribution >= 0.6 is 35.7 Å². The Balaban J connectivity index is 0.00000264. The third kappa shape index (κ3) is 6.03. The van der Waals surface area contributed by atoms with Crippen LogP contribution in [-0.4, -0.2) is 49.2 Å². The molecule has 1 aliphatic rings. The minimum atomic E-state index is 0. The number of rotatable bonds is 5. The lowest BCUT2D eigenvalue weighted by Crippen LogP contribution is -2.42. The maximum atomic E-state index is 6.05. The first-order valence-corrected chi connectivity index (χ1v) is 8.26. The zero-order chi connectivity index (χ0) is 15.8. The van der Waals surface area contributed by atoms with E-state index in [9.17, 15) is 0 Å². The molecule has 0 unspecified atom stereocenters. The number of halogens is 1. The topological polar surface area (TPSA) is 60.1 Å². The average Bonchev–Trinajstić information content (AvgIpc) is 2.58. The molecule has 1 aromatic carbocycles. The van der Waals surface area contributed by atoms with Gasteiger partial charge in [-0.25, -0.2) is 4.99 Å². The quantitative estimate of drug-likeness (QED) is 0.325. The van der Waals surface area contributed by atoms with Gasteiger partial charge >= 0.3 is 0 Å². The molecule has 2 rings (SSSR count). The molecule has 0 radical (unpaired) electrons. The number of aliphatic imine (C=N–C) groups is 1. The molecule has 0 amide bonds. The van der Waals surface area contributed by atoms with Crippen molar-refractivity contribution >= 4 is 41.7 Å². The van der Waals surface area contributed by atoms with Crippen LogP contribution in [0.15, 0.2) is 23.2 Å². The number of thioether (sulfide) groups is 1. The van der Waals surface area contributed by atoms with Crippen molar-refractivity contribution in [1.29, 1.82) is 0 Å². The minimum absolute atomic E-state index is 0. The third-order valence-corrected chi connectivity index (χ3v) is 4.24. The van der Waals surface area contributed by atoms with E-state index in [0.29, 0.717) is 24.0 Å². The van der Waals surface area contributed by atoms with Gasteiger partial charge in [-0.05, 0) is 17.7 Å². The number of hydrogen-bond acceptors (Lipinski definition) is 4. The first-order valence-electron chi connectivity index (χ1n) is 7.10. The molecule has 5 nitrogen and oxygen atoms in total. The van der Waals surface area contributed by atoms with Crippen molar-refractivity contribution in [2.24, 2.45) is 10.7 Å². The highest BCUT2D eigenvalue weighted by Crippen LogP contribution is 2.28. The fraction of sp³-hybridized carbons (Fsp3) is 0.438. The van der Waals surface area contributed by atoms with Crippen LogP contribution in [0.2, 0.25) is 0 Å². The Morgan fingerprint density at radius 2 is 2.13 bits per heavy atom. The summed E-state index contributed by atoms with van der Waals surface area (Å²) in [6.45, 7) is 2.63. The number of guanidine groups is 1. The van der Waals surface area contributed by atoms with Crippen molar-refractivity contribution in [3.8, 4) is 23.8 Å². The molecule has 0 atom stereocenters. The van der Waals surface area contributed by atoms with Gasteiger partial charge in [-0.2, -0.15) is 11.8 Å². The van der Waals surface area contributed by atoms with E-state index in [1.807, 2.05) is 30.0 Å². The lowest BCUT2D eigenvalue weighted by atomic mass is 10.2. The second-order valence-electron chi connectivity index (χ2n) is 4.75. The van der Waals surface area contributed by atoms with Crippen molar-refractivity contribution in [3.63, 3.8) is 0 Å². The highest BCUT2D eigenvalue weighted by molar-refractivity contribution is 14.0. The second kappa shape index (κ2) is 10.5. The Morgan fingerprint density at radius 1 is 1.39 bits per heavy atom. The fourth-order valence-corrected chi connectivity index (χ4v) is 3.02. The van der Waals surface area contributed by atoms with Crippen LogP contribution < -0.4 is 15.2 Å². The summed E-state index contributed by atoms with van der Waals surface area (Å²) in [5.74, 6) is 6.53. The van der Waals surface area contributed by atoms with Crippen molar-refractivity contribution < 1.29 is 9.47 Å². The third-order valence-electron chi connectivity index (χ3n) is 3.30. The first kappa shape index (κ1) is 19.8. The average molecular weight is 447 g/mol. The molecule has 23 heavy (non-hydrogen) atoms. The summed E-state index contributed by atoms with van der Waals surface area (Å²) >= 11 is 1.95. The number of methoxy groups -OCH3 is 1. The molecule has 0 spiro atoms. The van der Waals surface area contributed by atoms with Crippen LogP contribution in [0, 0.1) is 12.3 Å². The van der Waals surface area contributed by atoms with Crippen LogP contribution in [0.5, 0.6) is 11.5 Å². The van der Waals surface area contributed by atoms with Gasteiger partial charge in [-0.3, -0.25) is 0 Å². The van der Waals surface area contributed by atoms with E-state index in [1.54, 1.807) is 7.11 Å². The molecule has 1 aromatic rings.